The molecule has 23 heavy (non-hydrogen) atoms. The Labute approximate surface area is 132 Å². The fourth-order valence-corrected chi connectivity index (χ4v) is 2.75. The minimum atomic E-state index is -0.181. The quantitative estimate of drug-likeness (QED) is 0.897. The van der Waals surface area contributed by atoms with Crippen LogP contribution in [-0.2, 0) is 4.74 Å². The third-order valence-corrected chi connectivity index (χ3v) is 4.01. The largest absolute Gasteiger partial charge is 0.454 e. The van der Waals surface area contributed by atoms with E-state index in [1.54, 1.807) is 6.07 Å². The second kappa shape index (κ2) is 5.92. The Hall–Kier alpha value is -2.54. The second-order valence-corrected chi connectivity index (χ2v) is 5.58. The van der Waals surface area contributed by atoms with Crippen molar-refractivity contribution in [1.29, 1.82) is 0 Å². The normalized spacial score (nSPS) is 19.0. The van der Waals surface area contributed by atoms with Gasteiger partial charge in [-0.05, 0) is 37.1 Å². The fourth-order valence-electron chi connectivity index (χ4n) is 2.75. The highest BCUT2D eigenvalue weighted by Crippen LogP contribution is 2.35. The van der Waals surface area contributed by atoms with Crippen LogP contribution in [0.3, 0.4) is 0 Å². The molecule has 2 aliphatic heterocycles. The molecule has 7 heteroatoms. The van der Waals surface area contributed by atoms with Crippen LogP contribution < -0.4 is 14.8 Å². The summed E-state index contributed by atoms with van der Waals surface area (Å²) >= 11 is 0. The van der Waals surface area contributed by atoms with E-state index in [9.17, 15) is 4.79 Å². The smallest absolute Gasteiger partial charge is 0.269 e. The Kier molecular flexibility index (Phi) is 3.63. The van der Waals surface area contributed by atoms with E-state index in [2.05, 4.69) is 15.5 Å². The molecule has 0 aliphatic carbocycles. The van der Waals surface area contributed by atoms with Crippen LogP contribution in [0.25, 0.3) is 11.3 Å². The van der Waals surface area contributed by atoms with Gasteiger partial charge in [0.15, 0.2) is 11.5 Å². The molecule has 0 radical (unpaired) electrons. The SMILES string of the molecule is O=C(NCC1CCCO1)c1cc(-c2ccc3c(c2)OCO3)n[nH]1. The van der Waals surface area contributed by atoms with E-state index >= 15 is 0 Å². The summed E-state index contributed by atoms with van der Waals surface area (Å²) in [5, 5.41) is 9.84. The number of hydrogen-bond acceptors (Lipinski definition) is 5. The van der Waals surface area contributed by atoms with Crippen LogP contribution in [0, 0.1) is 0 Å². The van der Waals surface area contributed by atoms with Gasteiger partial charge in [0, 0.05) is 18.7 Å². The van der Waals surface area contributed by atoms with Crippen molar-refractivity contribution in [2.75, 3.05) is 19.9 Å². The van der Waals surface area contributed by atoms with Gasteiger partial charge < -0.3 is 19.5 Å². The molecule has 3 heterocycles. The average Bonchev–Trinajstić information content (AvgIpc) is 3.32. The van der Waals surface area contributed by atoms with E-state index in [1.807, 2.05) is 18.2 Å². The zero-order valence-corrected chi connectivity index (χ0v) is 12.5. The number of nitrogens with zero attached hydrogens (tertiary/aromatic N) is 1. The Balaban J connectivity index is 1.44. The maximum atomic E-state index is 12.2. The fraction of sp³-hybridized carbons (Fsp3) is 0.375. The highest BCUT2D eigenvalue weighted by molar-refractivity contribution is 5.93. The number of aromatic nitrogens is 2. The van der Waals surface area contributed by atoms with Crippen molar-refractivity contribution in [1.82, 2.24) is 15.5 Å². The van der Waals surface area contributed by atoms with Gasteiger partial charge in [0.05, 0.1) is 11.8 Å². The van der Waals surface area contributed by atoms with Gasteiger partial charge in [-0.15, -0.1) is 0 Å². The molecule has 1 aromatic carbocycles. The summed E-state index contributed by atoms with van der Waals surface area (Å²) in [6, 6.07) is 7.30. The maximum Gasteiger partial charge on any atom is 0.269 e. The molecule has 0 spiro atoms. The molecule has 0 saturated carbocycles. The number of hydrogen-bond donors (Lipinski definition) is 2. The minimum absolute atomic E-state index is 0.121. The Bertz CT molecular complexity index is 722. The van der Waals surface area contributed by atoms with Crippen LogP contribution in [-0.4, -0.2) is 42.2 Å². The van der Waals surface area contributed by atoms with Crippen molar-refractivity contribution in [3.05, 3.63) is 30.0 Å². The lowest BCUT2D eigenvalue weighted by atomic mass is 10.1. The van der Waals surface area contributed by atoms with Crippen LogP contribution in [0.15, 0.2) is 24.3 Å². The first-order chi connectivity index (χ1) is 11.3. The molecular formula is C16H17N3O4. The number of H-pyrrole nitrogens is 1. The predicted octanol–water partition coefficient (Wildman–Crippen LogP) is 1.71. The van der Waals surface area contributed by atoms with Crippen LogP contribution in [0.1, 0.15) is 23.3 Å². The van der Waals surface area contributed by atoms with Crippen molar-refractivity contribution in [2.45, 2.75) is 18.9 Å². The third kappa shape index (κ3) is 2.87. The Morgan fingerprint density at radius 3 is 3.09 bits per heavy atom. The van der Waals surface area contributed by atoms with E-state index in [1.165, 1.54) is 0 Å². The second-order valence-electron chi connectivity index (χ2n) is 5.58. The first-order valence-electron chi connectivity index (χ1n) is 7.65. The van der Waals surface area contributed by atoms with E-state index in [-0.39, 0.29) is 18.8 Å². The molecular weight excluding hydrogens is 298 g/mol. The predicted molar refractivity (Wildman–Crippen MR) is 81.5 cm³/mol. The highest BCUT2D eigenvalue weighted by atomic mass is 16.7. The molecule has 0 bridgehead atoms. The summed E-state index contributed by atoms with van der Waals surface area (Å²) in [4.78, 5) is 12.2. The minimum Gasteiger partial charge on any atom is -0.454 e. The topological polar surface area (TPSA) is 85.5 Å². The molecule has 1 amide bonds. The number of nitrogens with one attached hydrogen (secondary N) is 2. The zero-order valence-electron chi connectivity index (χ0n) is 12.5. The van der Waals surface area contributed by atoms with Gasteiger partial charge in [-0.3, -0.25) is 9.89 Å². The highest BCUT2D eigenvalue weighted by Gasteiger charge is 2.19. The lowest BCUT2D eigenvalue weighted by molar-refractivity contribution is 0.0853. The lowest BCUT2D eigenvalue weighted by Crippen LogP contribution is -2.31. The molecule has 2 aromatic rings. The number of carbonyl (C=O) groups excluding carboxylic acids is 1. The zero-order chi connectivity index (χ0) is 15.6. The van der Waals surface area contributed by atoms with E-state index in [0.29, 0.717) is 23.7 Å². The summed E-state index contributed by atoms with van der Waals surface area (Å²) in [5.74, 6) is 1.23. The molecule has 1 saturated heterocycles. The molecule has 1 atom stereocenters. The lowest BCUT2D eigenvalue weighted by Gasteiger charge is -2.09. The Morgan fingerprint density at radius 1 is 1.30 bits per heavy atom. The summed E-state index contributed by atoms with van der Waals surface area (Å²) in [6.07, 6.45) is 2.17. The monoisotopic (exact) mass is 315 g/mol. The molecule has 120 valence electrons. The first kappa shape index (κ1) is 14.1. The first-order valence-corrected chi connectivity index (χ1v) is 7.65. The Morgan fingerprint density at radius 2 is 2.22 bits per heavy atom. The van der Waals surface area contributed by atoms with E-state index in [0.717, 1.165) is 30.8 Å². The van der Waals surface area contributed by atoms with E-state index in [4.69, 9.17) is 14.2 Å². The van der Waals surface area contributed by atoms with Gasteiger partial charge >= 0.3 is 0 Å². The van der Waals surface area contributed by atoms with Crippen molar-refractivity contribution in [3.63, 3.8) is 0 Å². The summed E-state index contributed by atoms with van der Waals surface area (Å²) < 4.78 is 16.1. The van der Waals surface area contributed by atoms with Gasteiger partial charge in [0.25, 0.3) is 5.91 Å². The van der Waals surface area contributed by atoms with Crippen molar-refractivity contribution >= 4 is 5.91 Å². The standard InChI is InChI=1S/C16H17N3O4/c20-16(17-8-11-2-1-5-21-11)13-7-12(18-19-13)10-3-4-14-15(6-10)23-9-22-14/h3-4,6-7,11H,1-2,5,8-9H2,(H,17,20)(H,18,19). The van der Waals surface area contributed by atoms with Gasteiger partial charge in [0.1, 0.15) is 5.69 Å². The molecule has 1 fully saturated rings. The summed E-state index contributed by atoms with van der Waals surface area (Å²) in [7, 11) is 0. The summed E-state index contributed by atoms with van der Waals surface area (Å²) in [5.41, 5.74) is 1.98. The van der Waals surface area contributed by atoms with Crippen LogP contribution in [0.4, 0.5) is 0 Å². The number of benzene rings is 1. The average molecular weight is 315 g/mol. The molecule has 1 aromatic heterocycles. The number of amides is 1. The number of fused-ring (bicyclic) bond motifs is 1. The van der Waals surface area contributed by atoms with Crippen molar-refractivity contribution in [3.8, 4) is 22.8 Å². The van der Waals surface area contributed by atoms with Crippen molar-refractivity contribution in [2.24, 2.45) is 0 Å². The van der Waals surface area contributed by atoms with E-state index < -0.39 is 0 Å². The molecule has 7 nitrogen and oxygen atoms in total. The molecule has 2 aliphatic rings. The number of rotatable bonds is 4. The van der Waals surface area contributed by atoms with Crippen LogP contribution in [0.2, 0.25) is 0 Å². The molecule has 1 unspecified atom stereocenters. The van der Waals surface area contributed by atoms with Gasteiger partial charge in [-0.2, -0.15) is 5.10 Å². The molecule has 2 N–H and O–H groups in total. The number of ether oxygens (including phenoxy) is 3. The third-order valence-electron chi connectivity index (χ3n) is 4.01. The van der Waals surface area contributed by atoms with Gasteiger partial charge in [0.2, 0.25) is 6.79 Å². The van der Waals surface area contributed by atoms with Crippen molar-refractivity contribution < 1.29 is 19.0 Å². The van der Waals surface area contributed by atoms with Crippen LogP contribution >= 0.6 is 0 Å². The summed E-state index contributed by atoms with van der Waals surface area (Å²) in [6.45, 7) is 1.53. The molecule has 4 rings (SSSR count). The van der Waals surface area contributed by atoms with Gasteiger partial charge in [-0.25, -0.2) is 0 Å². The maximum absolute atomic E-state index is 12.2. The number of carbonyl (C=O) groups is 1. The number of aromatic amines is 1. The van der Waals surface area contributed by atoms with Gasteiger partial charge in [-0.1, -0.05) is 0 Å². The van der Waals surface area contributed by atoms with Crippen LogP contribution in [0.5, 0.6) is 11.5 Å².